The molecule has 0 unspecified atom stereocenters. The summed E-state index contributed by atoms with van der Waals surface area (Å²) in [6, 6.07) is 7.16. The molecular weight excluding hydrogens is 400 g/mol. The van der Waals surface area contributed by atoms with E-state index in [1.54, 1.807) is 9.42 Å². The molecule has 1 N–H and O–H groups in total. The molecule has 8 nitrogen and oxygen atoms in total. The minimum absolute atomic E-state index is 0.0444. The lowest BCUT2D eigenvalue weighted by atomic mass is 9.93. The zero-order valence-corrected chi connectivity index (χ0v) is 18.7. The average Bonchev–Trinajstić information content (AvgIpc) is 3.18. The van der Waals surface area contributed by atoms with Gasteiger partial charge in [0.05, 0.1) is 29.8 Å². The summed E-state index contributed by atoms with van der Waals surface area (Å²) < 4.78 is 1.77. The highest BCUT2D eigenvalue weighted by Crippen LogP contribution is 2.32. The van der Waals surface area contributed by atoms with E-state index >= 15 is 0 Å². The quantitative estimate of drug-likeness (QED) is 0.695. The summed E-state index contributed by atoms with van der Waals surface area (Å²) in [7, 11) is 1.85. The molecule has 2 amide bonds. The zero-order valence-electron chi connectivity index (χ0n) is 17.8. The molecule has 0 aliphatic carbocycles. The Bertz CT molecular complexity index is 1080. The third kappa shape index (κ3) is 3.77. The van der Waals surface area contributed by atoms with Crippen LogP contribution in [0.4, 0.5) is 16.5 Å². The van der Waals surface area contributed by atoms with Gasteiger partial charge in [-0.3, -0.25) is 9.59 Å². The van der Waals surface area contributed by atoms with Crippen LogP contribution < -0.4 is 15.1 Å². The molecule has 4 rings (SSSR count). The van der Waals surface area contributed by atoms with Crippen molar-refractivity contribution in [3.05, 3.63) is 36.2 Å². The molecule has 1 aliphatic heterocycles. The Morgan fingerprint density at radius 3 is 2.77 bits per heavy atom. The number of rotatable bonds is 3. The van der Waals surface area contributed by atoms with Gasteiger partial charge in [0.1, 0.15) is 0 Å². The van der Waals surface area contributed by atoms with Crippen LogP contribution in [0.25, 0.3) is 4.96 Å². The van der Waals surface area contributed by atoms with E-state index in [0.717, 1.165) is 21.5 Å². The summed E-state index contributed by atoms with van der Waals surface area (Å²) in [6.07, 6.45) is 2.19. The number of imidazole rings is 1. The van der Waals surface area contributed by atoms with Crippen LogP contribution in [-0.2, 0) is 15.0 Å². The maximum absolute atomic E-state index is 13.3. The number of hydrogen-bond donors (Lipinski definition) is 1. The van der Waals surface area contributed by atoms with Crippen molar-refractivity contribution in [3.8, 4) is 0 Å². The van der Waals surface area contributed by atoms with E-state index in [4.69, 9.17) is 0 Å². The molecule has 0 fully saturated rings. The van der Waals surface area contributed by atoms with Gasteiger partial charge < -0.3 is 15.1 Å². The number of fused-ring (bicyclic) bond motifs is 2. The Morgan fingerprint density at radius 2 is 2.07 bits per heavy atom. The molecular formula is C21H26N6O2S. The van der Waals surface area contributed by atoms with Crippen LogP contribution >= 0.6 is 11.3 Å². The fourth-order valence-electron chi connectivity index (χ4n) is 3.52. The zero-order chi connectivity index (χ0) is 21.6. The van der Waals surface area contributed by atoms with Crippen molar-refractivity contribution in [2.45, 2.75) is 45.6 Å². The molecule has 0 spiro atoms. The first-order valence-electron chi connectivity index (χ1n) is 9.92. The number of benzene rings is 1. The summed E-state index contributed by atoms with van der Waals surface area (Å²) in [5.74, 6) is -0.174. The number of amides is 2. The number of anilines is 3. The molecule has 0 saturated heterocycles. The van der Waals surface area contributed by atoms with Crippen LogP contribution in [0, 0.1) is 0 Å². The average molecular weight is 427 g/mol. The lowest BCUT2D eigenvalue weighted by molar-refractivity contribution is -0.118. The van der Waals surface area contributed by atoms with Crippen molar-refractivity contribution in [2.75, 3.05) is 28.7 Å². The lowest BCUT2D eigenvalue weighted by Crippen LogP contribution is -2.44. The largest absolute Gasteiger partial charge is 0.340 e. The number of para-hydroxylation sites is 2. The SMILES string of the molecule is C[C@@H]1CC(=O)Nc2ccccc2N1C(=O)CN(C)c1nn2cc(C(C)(C)C)nc2s1. The number of aromatic nitrogens is 3. The topological polar surface area (TPSA) is 82.8 Å². The number of nitrogens with zero attached hydrogens (tertiary/aromatic N) is 5. The molecule has 3 heterocycles. The second-order valence-corrected chi connectivity index (χ2v) is 9.66. The Balaban J connectivity index is 1.56. The first-order chi connectivity index (χ1) is 14.1. The van der Waals surface area contributed by atoms with Crippen molar-refractivity contribution in [3.63, 3.8) is 0 Å². The van der Waals surface area contributed by atoms with Crippen LogP contribution in [0.5, 0.6) is 0 Å². The first-order valence-corrected chi connectivity index (χ1v) is 10.7. The van der Waals surface area contributed by atoms with Gasteiger partial charge in [-0.2, -0.15) is 0 Å². The number of likely N-dealkylation sites (N-methyl/N-ethyl adjacent to an activating group) is 1. The molecule has 0 radical (unpaired) electrons. The van der Waals surface area contributed by atoms with Crippen LogP contribution in [-0.4, -0.2) is 46.0 Å². The van der Waals surface area contributed by atoms with Gasteiger partial charge in [-0.05, 0) is 19.1 Å². The first kappa shape index (κ1) is 20.3. The molecule has 30 heavy (non-hydrogen) atoms. The molecule has 1 aromatic carbocycles. The Hall–Kier alpha value is -2.94. The third-order valence-corrected chi connectivity index (χ3v) is 6.16. The van der Waals surface area contributed by atoms with Gasteiger partial charge in [0.2, 0.25) is 21.9 Å². The number of carbonyl (C=O) groups excluding carboxylic acids is 2. The number of carbonyl (C=O) groups is 2. The minimum atomic E-state index is -0.238. The smallest absolute Gasteiger partial charge is 0.246 e. The van der Waals surface area contributed by atoms with Crippen molar-refractivity contribution in [2.24, 2.45) is 0 Å². The molecule has 158 valence electrons. The molecule has 2 aromatic heterocycles. The van der Waals surface area contributed by atoms with Crippen LogP contribution in [0.3, 0.4) is 0 Å². The minimum Gasteiger partial charge on any atom is -0.340 e. The summed E-state index contributed by atoms with van der Waals surface area (Å²) in [5, 5.41) is 8.21. The highest BCUT2D eigenvalue weighted by atomic mass is 32.1. The van der Waals surface area contributed by atoms with Crippen molar-refractivity contribution in [1.82, 2.24) is 14.6 Å². The monoisotopic (exact) mass is 426 g/mol. The van der Waals surface area contributed by atoms with Gasteiger partial charge in [0, 0.05) is 24.9 Å². The van der Waals surface area contributed by atoms with Crippen LogP contribution in [0.1, 0.15) is 39.8 Å². The summed E-state index contributed by atoms with van der Waals surface area (Å²) >= 11 is 1.45. The highest BCUT2D eigenvalue weighted by Gasteiger charge is 2.30. The summed E-state index contributed by atoms with van der Waals surface area (Å²) in [5.41, 5.74) is 2.32. The van der Waals surface area contributed by atoms with Crippen LogP contribution in [0.2, 0.25) is 0 Å². The van der Waals surface area contributed by atoms with Gasteiger partial charge >= 0.3 is 0 Å². The second kappa shape index (κ2) is 7.39. The molecule has 9 heteroatoms. The van der Waals surface area contributed by atoms with E-state index in [1.807, 2.05) is 49.3 Å². The standard InChI is InChI=1S/C21H26N6O2S/c1-13-10-17(28)22-14-8-6-7-9-15(14)27(13)18(29)12-25(5)20-24-26-11-16(21(2,3)4)23-19(26)30-20/h6-9,11,13H,10,12H2,1-5H3,(H,22,28)/t13-/m1/s1. The van der Waals surface area contributed by atoms with Gasteiger partial charge in [-0.1, -0.05) is 44.2 Å². The van der Waals surface area contributed by atoms with E-state index in [1.165, 1.54) is 11.3 Å². The fourth-order valence-corrected chi connectivity index (χ4v) is 4.36. The van der Waals surface area contributed by atoms with Crippen molar-refractivity contribution in [1.29, 1.82) is 0 Å². The Kier molecular flexibility index (Phi) is 5.01. The third-order valence-electron chi connectivity index (χ3n) is 5.13. The van der Waals surface area contributed by atoms with Gasteiger partial charge in [0.15, 0.2) is 0 Å². The normalized spacial score (nSPS) is 16.9. The maximum atomic E-state index is 13.3. The molecule has 0 bridgehead atoms. The van der Waals surface area contributed by atoms with E-state index in [0.29, 0.717) is 5.69 Å². The van der Waals surface area contributed by atoms with Gasteiger partial charge in [0.25, 0.3) is 0 Å². The molecule has 1 atom stereocenters. The molecule has 3 aromatic rings. The van der Waals surface area contributed by atoms with E-state index in [-0.39, 0.29) is 36.2 Å². The van der Waals surface area contributed by atoms with E-state index in [9.17, 15) is 9.59 Å². The molecule has 1 aliphatic rings. The van der Waals surface area contributed by atoms with E-state index < -0.39 is 0 Å². The second-order valence-electron chi connectivity index (χ2n) is 8.73. The predicted molar refractivity (Wildman–Crippen MR) is 119 cm³/mol. The Labute approximate surface area is 179 Å². The van der Waals surface area contributed by atoms with Crippen LogP contribution in [0.15, 0.2) is 30.5 Å². The van der Waals surface area contributed by atoms with Gasteiger partial charge in [-0.15, -0.1) is 5.10 Å². The fraction of sp³-hybridized carbons (Fsp3) is 0.429. The molecule has 0 saturated carbocycles. The highest BCUT2D eigenvalue weighted by molar-refractivity contribution is 7.20. The van der Waals surface area contributed by atoms with Gasteiger partial charge in [-0.25, -0.2) is 9.50 Å². The summed E-state index contributed by atoms with van der Waals surface area (Å²) in [6.45, 7) is 8.39. The van der Waals surface area contributed by atoms with Crippen molar-refractivity contribution < 1.29 is 9.59 Å². The van der Waals surface area contributed by atoms with Crippen molar-refractivity contribution >= 4 is 44.6 Å². The Morgan fingerprint density at radius 1 is 1.33 bits per heavy atom. The number of hydrogen-bond acceptors (Lipinski definition) is 6. The van der Waals surface area contributed by atoms with E-state index in [2.05, 4.69) is 36.2 Å². The number of nitrogens with one attached hydrogen (secondary N) is 1. The maximum Gasteiger partial charge on any atom is 0.246 e. The lowest BCUT2D eigenvalue weighted by Gasteiger charge is -2.29. The predicted octanol–water partition coefficient (Wildman–Crippen LogP) is 3.29. The summed E-state index contributed by atoms with van der Waals surface area (Å²) in [4.78, 5) is 34.4.